The lowest BCUT2D eigenvalue weighted by molar-refractivity contribution is 0.173. The van der Waals surface area contributed by atoms with Gasteiger partial charge in [-0.25, -0.2) is 0 Å². The number of hydrogen-bond acceptors (Lipinski definition) is 8. The molecule has 3 aromatic carbocycles. The number of nitrogens with zero attached hydrogens (tertiary/aromatic N) is 2. The number of ether oxygens (including phenoxy) is 5. The smallest absolute Gasteiger partial charge is 0.231 e. The van der Waals surface area contributed by atoms with Crippen molar-refractivity contribution in [3.8, 4) is 28.7 Å². The maximum Gasteiger partial charge on any atom is 0.231 e. The van der Waals surface area contributed by atoms with Crippen LogP contribution in [0, 0.1) is 0 Å². The van der Waals surface area contributed by atoms with Crippen LogP contribution in [0.3, 0.4) is 0 Å². The van der Waals surface area contributed by atoms with Gasteiger partial charge in [0.05, 0.1) is 24.7 Å². The predicted octanol–water partition coefficient (Wildman–Crippen LogP) is 5.49. The van der Waals surface area contributed by atoms with Crippen LogP contribution >= 0.6 is 11.8 Å². The fraction of sp³-hybridized carbons (Fsp3) is 0.379. The van der Waals surface area contributed by atoms with Crippen LogP contribution in [0.4, 0.5) is 5.69 Å². The summed E-state index contributed by atoms with van der Waals surface area (Å²) >= 11 is 1.89. The third-order valence-corrected chi connectivity index (χ3v) is 7.86. The Kier molecular flexibility index (Phi) is 8.16. The van der Waals surface area contributed by atoms with E-state index in [1.54, 1.807) is 7.11 Å². The van der Waals surface area contributed by atoms with Gasteiger partial charge in [0.15, 0.2) is 11.5 Å². The lowest BCUT2D eigenvalue weighted by Gasteiger charge is -2.33. The number of likely N-dealkylation sites (N-methyl/N-ethyl adjacent to an activating group) is 2. The van der Waals surface area contributed by atoms with Crippen LogP contribution in [0.2, 0.25) is 0 Å². The molecule has 2 aliphatic heterocycles. The monoisotopic (exact) mass is 522 g/mol. The van der Waals surface area contributed by atoms with Gasteiger partial charge in [-0.1, -0.05) is 12.1 Å². The Morgan fingerprint density at radius 3 is 2.68 bits per heavy atom. The largest absolute Gasteiger partial charge is 0.497 e. The van der Waals surface area contributed by atoms with E-state index in [1.807, 2.05) is 42.1 Å². The first kappa shape index (κ1) is 25.4. The summed E-state index contributed by atoms with van der Waals surface area (Å²) in [5.74, 6) is 4.08. The van der Waals surface area contributed by atoms with Gasteiger partial charge in [0.2, 0.25) is 6.79 Å². The molecule has 0 amide bonds. The molecule has 8 heteroatoms. The summed E-state index contributed by atoms with van der Waals surface area (Å²) < 4.78 is 28.5. The summed E-state index contributed by atoms with van der Waals surface area (Å²) in [5, 5.41) is 0.265. The maximum atomic E-state index is 6.31. The highest BCUT2D eigenvalue weighted by atomic mass is 32.2. The van der Waals surface area contributed by atoms with Gasteiger partial charge < -0.3 is 33.5 Å². The Hall–Kier alpha value is -3.23. The van der Waals surface area contributed by atoms with Crippen molar-refractivity contribution in [2.45, 2.75) is 16.6 Å². The molecule has 3 aromatic rings. The summed E-state index contributed by atoms with van der Waals surface area (Å²) in [6, 6.07) is 20.4. The standard InChI is InChI=1S/C29H34N2O5S/c1-30(14-16-33-22-10-12-26-27(18-22)36-20-35-26)13-6-15-34-25-11-9-21(32-3)17-23(25)29-19-31(2)24-7-4-5-8-28(24)37-29/h4-5,7-12,17-18,29H,6,13-16,19-20H2,1-3H3. The highest BCUT2D eigenvalue weighted by Gasteiger charge is 2.27. The molecular weight excluding hydrogens is 488 g/mol. The number of fused-ring (bicyclic) bond motifs is 2. The molecular formula is C29H34N2O5S. The van der Waals surface area contributed by atoms with E-state index in [1.165, 1.54) is 16.1 Å². The second-order valence-corrected chi connectivity index (χ2v) is 10.5. The summed E-state index contributed by atoms with van der Waals surface area (Å²) in [5.41, 5.74) is 2.45. The zero-order chi connectivity index (χ0) is 25.6. The highest BCUT2D eigenvalue weighted by molar-refractivity contribution is 7.99. The topological polar surface area (TPSA) is 52.6 Å². The third-order valence-electron chi connectivity index (χ3n) is 6.58. The lowest BCUT2D eigenvalue weighted by atomic mass is 10.1. The molecule has 2 aliphatic rings. The minimum atomic E-state index is 0.265. The zero-order valence-electron chi connectivity index (χ0n) is 21.6. The molecule has 0 fully saturated rings. The number of thioether (sulfide) groups is 1. The molecule has 37 heavy (non-hydrogen) atoms. The van der Waals surface area contributed by atoms with Gasteiger partial charge in [-0.05, 0) is 55.9 Å². The van der Waals surface area contributed by atoms with E-state index >= 15 is 0 Å². The molecule has 0 bridgehead atoms. The number of anilines is 1. The average molecular weight is 523 g/mol. The zero-order valence-corrected chi connectivity index (χ0v) is 22.5. The molecule has 0 radical (unpaired) electrons. The molecule has 7 nitrogen and oxygen atoms in total. The van der Waals surface area contributed by atoms with Crippen LogP contribution in [0.25, 0.3) is 0 Å². The molecule has 0 aliphatic carbocycles. The Labute approximate surface area is 223 Å². The van der Waals surface area contributed by atoms with E-state index < -0.39 is 0 Å². The second-order valence-electron chi connectivity index (χ2n) is 9.23. The summed E-state index contributed by atoms with van der Waals surface area (Å²) in [7, 11) is 5.97. The van der Waals surface area contributed by atoms with E-state index in [-0.39, 0.29) is 12.0 Å². The quantitative estimate of drug-likeness (QED) is 0.307. The van der Waals surface area contributed by atoms with Crippen molar-refractivity contribution >= 4 is 17.4 Å². The van der Waals surface area contributed by atoms with Crippen LogP contribution in [-0.2, 0) is 0 Å². The molecule has 0 N–H and O–H groups in total. The van der Waals surface area contributed by atoms with Crippen molar-refractivity contribution in [1.82, 2.24) is 4.90 Å². The van der Waals surface area contributed by atoms with Gasteiger partial charge in [-0.2, -0.15) is 0 Å². The molecule has 1 atom stereocenters. The number of hydrogen-bond donors (Lipinski definition) is 0. The van der Waals surface area contributed by atoms with Gasteiger partial charge in [0.1, 0.15) is 23.9 Å². The molecule has 196 valence electrons. The van der Waals surface area contributed by atoms with Crippen molar-refractivity contribution in [3.05, 3.63) is 66.2 Å². The number of rotatable bonds is 11. The normalized spacial score (nSPS) is 16.0. The molecule has 0 spiro atoms. The summed E-state index contributed by atoms with van der Waals surface area (Å²) in [4.78, 5) is 5.87. The van der Waals surface area contributed by atoms with Gasteiger partial charge in [0, 0.05) is 43.2 Å². The lowest BCUT2D eigenvalue weighted by Crippen LogP contribution is -2.27. The molecule has 5 rings (SSSR count). The van der Waals surface area contributed by atoms with E-state index in [2.05, 4.69) is 54.2 Å². The van der Waals surface area contributed by atoms with Crippen molar-refractivity contribution in [3.63, 3.8) is 0 Å². The van der Waals surface area contributed by atoms with E-state index in [4.69, 9.17) is 23.7 Å². The molecule has 2 heterocycles. The van der Waals surface area contributed by atoms with E-state index in [0.29, 0.717) is 13.2 Å². The maximum absolute atomic E-state index is 6.31. The number of para-hydroxylation sites is 1. The van der Waals surface area contributed by atoms with Gasteiger partial charge in [-0.3, -0.25) is 0 Å². The SMILES string of the molecule is COc1ccc(OCCCN(C)CCOc2ccc3c(c2)OCO3)c(C2CN(C)c3ccccc3S2)c1. The first-order valence-corrected chi connectivity index (χ1v) is 13.5. The van der Waals surface area contributed by atoms with Crippen LogP contribution in [0.15, 0.2) is 65.6 Å². The van der Waals surface area contributed by atoms with Crippen molar-refractivity contribution in [1.29, 1.82) is 0 Å². The molecule has 1 unspecified atom stereocenters. The minimum Gasteiger partial charge on any atom is -0.497 e. The van der Waals surface area contributed by atoms with Gasteiger partial charge in [0.25, 0.3) is 0 Å². The Morgan fingerprint density at radius 1 is 0.946 bits per heavy atom. The molecule has 0 aromatic heterocycles. The van der Waals surface area contributed by atoms with Crippen LogP contribution in [0.1, 0.15) is 17.2 Å². The van der Waals surface area contributed by atoms with E-state index in [0.717, 1.165) is 54.8 Å². The minimum absolute atomic E-state index is 0.265. The third kappa shape index (κ3) is 6.19. The van der Waals surface area contributed by atoms with Crippen LogP contribution in [-0.4, -0.2) is 65.7 Å². The first-order chi connectivity index (χ1) is 18.1. The average Bonchev–Trinajstić information content (AvgIpc) is 3.39. The molecule has 0 saturated carbocycles. The van der Waals surface area contributed by atoms with Gasteiger partial charge >= 0.3 is 0 Å². The Bertz CT molecular complexity index is 1210. The number of benzene rings is 3. The summed E-state index contributed by atoms with van der Waals surface area (Å²) in [6.45, 7) is 4.18. The fourth-order valence-electron chi connectivity index (χ4n) is 4.52. The molecule has 0 saturated heterocycles. The first-order valence-electron chi connectivity index (χ1n) is 12.6. The van der Waals surface area contributed by atoms with Crippen LogP contribution in [0.5, 0.6) is 28.7 Å². The van der Waals surface area contributed by atoms with Gasteiger partial charge in [-0.15, -0.1) is 11.8 Å². The van der Waals surface area contributed by atoms with E-state index in [9.17, 15) is 0 Å². The number of methoxy groups -OCH3 is 1. The van der Waals surface area contributed by atoms with Crippen molar-refractivity contribution in [2.24, 2.45) is 0 Å². The Balaban J connectivity index is 1.11. The Morgan fingerprint density at radius 2 is 1.78 bits per heavy atom. The predicted molar refractivity (Wildman–Crippen MR) is 147 cm³/mol. The van der Waals surface area contributed by atoms with Crippen LogP contribution < -0.4 is 28.6 Å². The van der Waals surface area contributed by atoms with Crippen molar-refractivity contribution < 1.29 is 23.7 Å². The summed E-state index contributed by atoms with van der Waals surface area (Å²) in [6.07, 6.45) is 0.923. The second kappa shape index (κ2) is 11.9. The highest BCUT2D eigenvalue weighted by Crippen LogP contribution is 2.48. The fourth-order valence-corrected chi connectivity index (χ4v) is 5.94. The van der Waals surface area contributed by atoms with Crippen molar-refractivity contribution in [2.75, 3.05) is 65.7 Å².